The summed E-state index contributed by atoms with van der Waals surface area (Å²) in [4.78, 5) is 16.3. The highest BCUT2D eigenvalue weighted by atomic mass is 16.5. The van der Waals surface area contributed by atoms with E-state index in [0.29, 0.717) is 30.2 Å². The van der Waals surface area contributed by atoms with Crippen molar-refractivity contribution in [3.8, 4) is 5.75 Å². The number of aryl methyl sites for hydroxylation is 2. The van der Waals surface area contributed by atoms with Gasteiger partial charge in [-0.3, -0.25) is 4.79 Å². The van der Waals surface area contributed by atoms with Crippen molar-refractivity contribution in [1.29, 1.82) is 0 Å². The first kappa shape index (κ1) is 16.7. The van der Waals surface area contributed by atoms with Crippen molar-refractivity contribution in [2.75, 3.05) is 11.9 Å². The predicted molar refractivity (Wildman–Crippen MR) is 95.8 cm³/mol. The van der Waals surface area contributed by atoms with Gasteiger partial charge in [-0.15, -0.1) is 0 Å². The van der Waals surface area contributed by atoms with E-state index in [4.69, 9.17) is 4.74 Å². The van der Waals surface area contributed by atoms with Crippen molar-refractivity contribution in [2.45, 2.75) is 20.4 Å². The number of carbonyl (C=O) groups excluding carboxylic acids is 1. The summed E-state index contributed by atoms with van der Waals surface area (Å²) in [5, 5.41) is 6.93. The van der Waals surface area contributed by atoms with Crippen LogP contribution in [0, 0.1) is 13.8 Å². The van der Waals surface area contributed by atoms with E-state index in [1.807, 2.05) is 56.3 Å². The van der Waals surface area contributed by atoms with E-state index in [-0.39, 0.29) is 5.91 Å². The van der Waals surface area contributed by atoms with Gasteiger partial charge in [-0.2, -0.15) is 5.10 Å². The largest absolute Gasteiger partial charge is 0.492 e. The van der Waals surface area contributed by atoms with Gasteiger partial charge in [0.15, 0.2) is 0 Å². The predicted octanol–water partition coefficient (Wildman–Crippen LogP) is 3.23. The van der Waals surface area contributed by atoms with Crippen molar-refractivity contribution in [3.63, 3.8) is 0 Å². The Bertz CT molecular complexity index is 839. The summed E-state index contributed by atoms with van der Waals surface area (Å²) in [7, 11) is 0. The second kappa shape index (κ2) is 7.61. The lowest BCUT2D eigenvalue weighted by atomic mass is 10.1. The number of aromatic nitrogens is 3. The minimum Gasteiger partial charge on any atom is -0.492 e. The molecule has 0 unspecified atom stereocenters. The second-order valence-corrected chi connectivity index (χ2v) is 5.87. The number of anilines is 1. The van der Waals surface area contributed by atoms with E-state index in [0.717, 1.165) is 11.1 Å². The molecule has 128 valence electrons. The highest BCUT2D eigenvalue weighted by molar-refractivity contribution is 6.04. The van der Waals surface area contributed by atoms with Crippen molar-refractivity contribution in [2.24, 2.45) is 0 Å². The maximum Gasteiger partial charge on any atom is 0.255 e. The Morgan fingerprint density at radius 1 is 1.16 bits per heavy atom. The van der Waals surface area contributed by atoms with Gasteiger partial charge in [-0.05, 0) is 38.1 Å². The van der Waals surface area contributed by atoms with Crippen LogP contribution >= 0.6 is 0 Å². The summed E-state index contributed by atoms with van der Waals surface area (Å²) in [6, 6.07) is 13.1. The van der Waals surface area contributed by atoms with E-state index < -0.39 is 0 Å². The summed E-state index contributed by atoms with van der Waals surface area (Å²) in [6.07, 6.45) is 3.13. The van der Waals surface area contributed by atoms with Crippen LogP contribution in [0.1, 0.15) is 21.5 Å². The van der Waals surface area contributed by atoms with Crippen LogP contribution in [0.2, 0.25) is 0 Å². The Labute approximate surface area is 146 Å². The van der Waals surface area contributed by atoms with Crippen molar-refractivity contribution in [3.05, 3.63) is 71.8 Å². The molecule has 0 saturated heterocycles. The summed E-state index contributed by atoms with van der Waals surface area (Å²) in [5.41, 5.74) is 3.48. The van der Waals surface area contributed by atoms with Crippen LogP contribution in [0.15, 0.2) is 55.1 Å². The fourth-order valence-electron chi connectivity index (χ4n) is 2.58. The van der Waals surface area contributed by atoms with Gasteiger partial charge in [-0.1, -0.05) is 23.3 Å². The van der Waals surface area contributed by atoms with Crippen LogP contribution in [-0.2, 0) is 6.54 Å². The molecule has 1 N–H and O–H groups in total. The maximum absolute atomic E-state index is 12.4. The van der Waals surface area contributed by atoms with Crippen LogP contribution in [0.4, 0.5) is 5.69 Å². The first-order chi connectivity index (χ1) is 12.1. The Morgan fingerprint density at radius 3 is 2.68 bits per heavy atom. The molecule has 6 heteroatoms. The zero-order valence-corrected chi connectivity index (χ0v) is 14.3. The number of ether oxygens (including phenoxy) is 1. The van der Waals surface area contributed by atoms with Crippen LogP contribution in [0.25, 0.3) is 0 Å². The molecule has 0 bridgehead atoms. The molecule has 0 aliphatic carbocycles. The highest BCUT2D eigenvalue weighted by Crippen LogP contribution is 2.19. The third-order valence-electron chi connectivity index (χ3n) is 3.63. The van der Waals surface area contributed by atoms with E-state index in [1.165, 1.54) is 6.33 Å². The van der Waals surface area contributed by atoms with Crippen LogP contribution in [0.5, 0.6) is 5.75 Å². The molecule has 0 saturated carbocycles. The first-order valence-electron chi connectivity index (χ1n) is 8.05. The molecule has 3 aromatic rings. The zero-order valence-electron chi connectivity index (χ0n) is 14.3. The van der Waals surface area contributed by atoms with E-state index in [9.17, 15) is 4.79 Å². The second-order valence-electron chi connectivity index (χ2n) is 5.87. The molecular formula is C19H20N4O2. The molecule has 0 aliphatic heterocycles. The lowest BCUT2D eigenvalue weighted by Crippen LogP contribution is -2.12. The normalized spacial score (nSPS) is 10.5. The fraction of sp³-hybridized carbons (Fsp3) is 0.211. The minimum atomic E-state index is -0.133. The van der Waals surface area contributed by atoms with Crippen molar-refractivity contribution in [1.82, 2.24) is 14.8 Å². The Balaban J connectivity index is 1.61. The molecule has 25 heavy (non-hydrogen) atoms. The maximum atomic E-state index is 12.4. The lowest BCUT2D eigenvalue weighted by Gasteiger charge is -2.10. The number of benzene rings is 2. The molecule has 0 radical (unpaired) electrons. The molecule has 2 aromatic carbocycles. The van der Waals surface area contributed by atoms with Gasteiger partial charge in [0.25, 0.3) is 5.91 Å². The van der Waals surface area contributed by atoms with Gasteiger partial charge in [0, 0.05) is 17.3 Å². The zero-order chi connectivity index (χ0) is 17.6. The van der Waals surface area contributed by atoms with Gasteiger partial charge in [-0.25, -0.2) is 9.67 Å². The highest BCUT2D eigenvalue weighted by Gasteiger charge is 2.08. The molecule has 6 nitrogen and oxygen atoms in total. The first-order valence-corrected chi connectivity index (χ1v) is 8.05. The van der Waals surface area contributed by atoms with Crippen LogP contribution in [0.3, 0.4) is 0 Å². The summed E-state index contributed by atoms with van der Waals surface area (Å²) < 4.78 is 7.41. The lowest BCUT2D eigenvalue weighted by molar-refractivity contribution is 0.102. The molecule has 0 fully saturated rings. The summed E-state index contributed by atoms with van der Waals surface area (Å²) >= 11 is 0. The monoisotopic (exact) mass is 336 g/mol. The smallest absolute Gasteiger partial charge is 0.255 e. The van der Waals surface area contributed by atoms with Crippen molar-refractivity contribution >= 4 is 11.6 Å². The molecule has 1 amide bonds. The standard InChI is InChI=1S/C19H20N4O2/c1-14-8-15(2)10-16(9-14)19(24)22-17-4-3-5-18(11-17)25-7-6-23-13-20-12-21-23/h3-5,8-13H,6-7H2,1-2H3,(H,22,24). The van der Waals surface area contributed by atoms with Gasteiger partial charge >= 0.3 is 0 Å². The molecule has 0 spiro atoms. The van der Waals surface area contributed by atoms with Gasteiger partial charge in [0.2, 0.25) is 0 Å². The van der Waals surface area contributed by atoms with Crippen LogP contribution in [-0.4, -0.2) is 27.3 Å². The van der Waals surface area contributed by atoms with Crippen LogP contribution < -0.4 is 10.1 Å². The number of hydrogen-bond donors (Lipinski definition) is 1. The minimum absolute atomic E-state index is 0.133. The Kier molecular flexibility index (Phi) is 5.09. The summed E-state index contributed by atoms with van der Waals surface area (Å²) in [5.74, 6) is 0.560. The van der Waals surface area contributed by atoms with Gasteiger partial charge < -0.3 is 10.1 Å². The topological polar surface area (TPSA) is 69.0 Å². The third-order valence-corrected chi connectivity index (χ3v) is 3.63. The Hall–Kier alpha value is -3.15. The number of hydrogen-bond acceptors (Lipinski definition) is 4. The average molecular weight is 336 g/mol. The molecule has 0 aliphatic rings. The van der Waals surface area contributed by atoms with E-state index in [1.54, 1.807) is 11.0 Å². The number of nitrogens with one attached hydrogen (secondary N) is 1. The number of carbonyl (C=O) groups is 1. The third kappa shape index (κ3) is 4.67. The number of amides is 1. The fourth-order valence-corrected chi connectivity index (χ4v) is 2.58. The summed E-state index contributed by atoms with van der Waals surface area (Å²) in [6.45, 7) is 5.04. The van der Waals surface area contributed by atoms with Crippen molar-refractivity contribution < 1.29 is 9.53 Å². The van der Waals surface area contributed by atoms with E-state index in [2.05, 4.69) is 15.4 Å². The van der Waals surface area contributed by atoms with Gasteiger partial charge in [0.05, 0.1) is 6.54 Å². The number of rotatable bonds is 6. The van der Waals surface area contributed by atoms with E-state index >= 15 is 0 Å². The SMILES string of the molecule is Cc1cc(C)cc(C(=O)Nc2cccc(OCCn3cncn3)c2)c1. The molecular weight excluding hydrogens is 316 g/mol. The Morgan fingerprint density at radius 2 is 1.96 bits per heavy atom. The molecule has 1 heterocycles. The van der Waals surface area contributed by atoms with Gasteiger partial charge in [0.1, 0.15) is 25.0 Å². The molecule has 0 atom stereocenters. The number of nitrogens with zero attached hydrogens (tertiary/aromatic N) is 3. The molecule has 3 rings (SSSR count). The molecule has 1 aromatic heterocycles. The quantitative estimate of drug-likeness (QED) is 0.750. The average Bonchev–Trinajstić information content (AvgIpc) is 3.08.